The second kappa shape index (κ2) is 6.25. The molecule has 0 N–H and O–H groups in total. The van der Waals surface area contributed by atoms with Crippen molar-refractivity contribution in [3.63, 3.8) is 0 Å². The van der Waals surface area contributed by atoms with E-state index in [1.54, 1.807) is 6.07 Å². The van der Waals surface area contributed by atoms with Gasteiger partial charge in [0, 0.05) is 29.1 Å². The van der Waals surface area contributed by atoms with Crippen molar-refractivity contribution < 1.29 is 9.72 Å². The fourth-order valence-corrected chi connectivity index (χ4v) is 2.76. The fourth-order valence-electron chi connectivity index (χ4n) is 2.27. The van der Waals surface area contributed by atoms with Gasteiger partial charge >= 0.3 is 0 Å². The summed E-state index contributed by atoms with van der Waals surface area (Å²) < 4.78 is 0.763. The van der Waals surface area contributed by atoms with Crippen LogP contribution in [-0.4, -0.2) is 29.2 Å². The first-order chi connectivity index (χ1) is 9.10. The summed E-state index contributed by atoms with van der Waals surface area (Å²) in [6, 6.07) is 4.85. The van der Waals surface area contributed by atoms with Crippen LogP contribution in [0.1, 0.15) is 18.4 Å². The van der Waals surface area contributed by atoms with E-state index in [0.717, 1.165) is 48.8 Å². The van der Waals surface area contributed by atoms with Crippen LogP contribution >= 0.6 is 15.9 Å². The number of nitro benzene ring substituents is 1. The summed E-state index contributed by atoms with van der Waals surface area (Å²) in [5, 5.41) is 10.7. The van der Waals surface area contributed by atoms with Crippen molar-refractivity contribution in [3.05, 3.63) is 38.3 Å². The molecule has 0 bridgehead atoms. The highest BCUT2D eigenvalue weighted by Crippen LogP contribution is 2.25. The number of carbonyl (C=O) groups is 1. The number of piperidine rings is 1. The first kappa shape index (κ1) is 14.1. The zero-order valence-electron chi connectivity index (χ0n) is 10.4. The van der Waals surface area contributed by atoms with Gasteiger partial charge < -0.3 is 4.79 Å². The molecule has 0 spiro atoms. The van der Waals surface area contributed by atoms with E-state index in [0.29, 0.717) is 0 Å². The molecule has 1 heterocycles. The van der Waals surface area contributed by atoms with E-state index in [4.69, 9.17) is 0 Å². The molecular weight excluding hydrogens is 312 g/mol. The molecule has 0 unspecified atom stereocenters. The summed E-state index contributed by atoms with van der Waals surface area (Å²) in [5.74, 6) is 0.191. The lowest BCUT2D eigenvalue weighted by molar-refractivity contribution is -0.384. The second-order valence-electron chi connectivity index (χ2n) is 4.78. The third kappa shape index (κ3) is 3.61. The Morgan fingerprint density at radius 3 is 2.63 bits per heavy atom. The minimum absolute atomic E-state index is 0.0929. The molecule has 1 aromatic carbocycles. The smallest absolute Gasteiger partial charge is 0.270 e. The molecule has 0 saturated carbocycles. The maximum absolute atomic E-state index is 10.7. The normalized spacial score (nSPS) is 17.3. The van der Waals surface area contributed by atoms with E-state index in [1.807, 2.05) is 0 Å². The number of carbonyl (C=O) groups excluding carboxylic acids is 1. The molecule has 1 aliphatic rings. The van der Waals surface area contributed by atoms with Crippen LogP contribution in [0.2, 0.25) is 0 Å². The Hall–Kier alpha value is -1.27. The van der Waals surface area contributed by atoms with Gasteiger partial charge in [-0.1, -0.05) is 15.9 Å². The predicted molar refractivity (Wildman–Crippen MR) is 74.9 cm³/mol. The largest absolute Gasteiger partial charge is 0.303 e. The Kier molecular flexibility index (Phi) is 4.66. The zero-order valence-corrected chi connectivity index (χ0v) is 12.0. The highest BCUT2D eigenvalue weighted by Gasteiger charge is 2.19. The monoisotopic (exact) mass is 326 g/mol. The van der Waals surface area contributed by atoms with Crippen LogP contribution in [0.5, 0.6) is 0 Å². The highest BCUT2D eigenvalue weighted by molar-refractivity contribution is 9.10. The molecular formula is C13H15BrN2O3. The van der Waals surface area contributed by atoms with E-state index in [2.05, 4.69) is 20.8 Å². The zero-order chi connectivity index (χ0) is 13.8. The Morgan fingerprint density at radius 1 is 1.42 bits per heavy atom. The number of nitro groups is 1. The van der Waals surface area contributed by atoms with Gasteiger partial charge in [-0.05, 0) is 37.6 Å². The summed E-state index contributed by atoms with van der Waals surface area (Å²) >= 11 is 3.38. The van der Waals surface area contributed by atoms with E-state index in [1.165, 1.54) is 12.1 Å². The molecule has 0 aliphatic carbocycles. The maximum atomic E-state index is 10.7. The summed E-state index contributed by atoms with van der Waals surface area (Å²) in [4.78, 5) is 23.2. The minimum atomic E-state index is -0.399. The van der Waals surface area contributed by atoms with Gasteiger partial charge in [0.05, 0.1) is 4.92 Å². The van der Waals surface area contributed by atoms with E-state index in [9.17, 15) is 14.9 Å². The molecule has 5 nitrogen and oxygen atoms in total. The number of benzene rings is 1. The van der Waals surface area contributed by atoms with Gasteiger partial charge in [-0.3, -0.25) is 15.0 Å². The van der Waals surface area contributed by atoms with Crippen molar-refractivity contribution >= 4 is 27.9 Å². The highest BCUT2D eigenvalue weighted by atomic mass is 79.9. The molecule has 6 heteroatoms. The first-order valence-corrected chi connectivity index (χ1v) is 7.00. The molecule has 0 aromatic heterocycles. The van der Waals surface area contributed by atoms with Crippen LogP contribution in [0.25, 0.3) is 0 Å². The number of hydrogen-bond donors (Lipinski definition) is 0. The summed E-state index contributed by atoms with van der Waals surface area (Å²) in [6.45, 7) is 2.55. The SMILES string of the molecule is O=CC1CCN(Cc2ccc([N+](=O)[O-])cc2Br)CC1. The van der Waals surface area contributed by atoms with Gasteiger partial charge in [0.1, 0.15) is 6.29 Å². The van der Waals surface area contributed by atoms with Crippen LogP contribution in [0.3, 0.4) is 0 Å². The molecule has 19 heavy (non-hydrogen) atoms. The number of aldehydes is 1. The van der Waals surface area contributed by atoms with E-state index >= 15 is 0 Å². The number of hydrogen-bond acceptors (Lipinski definition) is 4. The number of likely N-dealkylation sites (tertiary alicyclic amines) is 1. The lowest BCUT2D eigenvalue weighted by Crippen LogP contribution is -2.33. The molecule has 2 rings (SSSR count). The summed E-state index contributed by atoms with van der Waals surface area (Å²) in [6.07, 6.45) is 2.83. The fraction of sp³-hybridized carbons (Fsp3) is 0.462. The van der Waals surface area contributed by atoms with E-state index < -0.39 is 4.92 Å². The number of rotatable bonds is 4. The topological polar surface area (TPSA) is 63.5 Å². The van der Waals surface area contributed by atoms with Gasteiger partial charge in [-0.25, -0.2) is 0 Å². The molecule has 0 radical (unpaired) electrons. The van der Waals surface area contributed by atoms with Crippen LogP contribution < -0.4 is 0 Å². The van der Waals surface area contributed by atoms with Crippen LogP contribution in [0.4, 0.5) is 5.69 Å². The lowest BCUT2D eigenvalue weighted by atomic mass is 9.98. The molecule has 1 fully saturated rings. The average Bonchev–Trinajstić information content (AvgIpc) is 2.41. The van der Waals surface area contributed by atoms with Crippen molar-refractivity contribution in [2.45, 2.75) is 19.4 Å². The number of nitrogens with zero attached hydrogens (tertiary/aromatic N) is 2. The van der Waals surface area contributed by atoms with Gasteiger partial charge in [0.15, 0.2) is 0 Å². The lowest BCUT2D eigenvalue weighted by Gasteiger charge is -2.29. The molecule has 0 atom stereocenters. The van der Waals surface area contributed by atoms with Gasteiger partial charge in [-0.2, -0.15) is 0 Å². The summed E-state index contributed by atoms with van der Waals surface area (Å²) in [5.41, 5.74) is 1.13. The van der Waals surface area contributed by atoms with Gasteiger partial charge in [0.2, 0.25) is 0 Å². The second-order valence-corrected chi connectivity index (χ2v) is 5.64. The van der Waals surface area contributed by atoms with Crippen molar-refractivity contribution in [3.8, 4) is 0 Å². The molecule has 1 saturated heterocycles. The van der Waals surface area contributed by atoms with Crippen LogP contribution in [-0.2, 0) is 11.3 Å². The number of halogens is 1. The Bertz CT molecular complexity index is 485. The first-order valence-electron chi connectivity index (χ1n) is 6.20. The standard InChI is InChI=1S/C13H15BrN2O3/c14-13-7-12(16(18)19)2-1-11(13)8-15-5-3-10(9-17)4-6-15/h1-2,7,9-10H,3-6,8H2. The third-order valence-electron chi connectivity index (χ3n) is 3.47. The quantitative estimate of drug-likeness (QED) is 0.485. The van der Waals surface area contributed by atoms with Crippen molar-refractivity contribution in [1.29, 1.82) is 0 Å². The van der Waals surface area contributed by atoms with Crippen molar-refractivity contribution in [2.75, 3.05) is 13.1 Å². The number of non-ortho nitro benzene ring substituents is 1. The molecule has 102 valence electrons. The van der Waals surface area contributed by atoms with Gasteiger partial charge in [0.25, 0.3) is 5.69 Å². The Morgan fingerprint density at radius 2 is 2.11 bits per heavy atom. The van der Waals surface area contributed by atoms with Crippen molar-refractivity contribution in [1.82, 2.24) is 4.90 Å². The molecule has 0 amide bonds. The van der Waals surface area contributed by atoms with Crippen LogP contribution in [0, 0.1) is 16.0 Å². The Labute approximate surface area is 119 Å². The molecule has 1 aliphatic heterocycles. The minimum Gasteiger partial charge on any atom is -0.303 e. The third-order valence-corrected chi connectivity index (χ3v) is 4.20. The Balaban J connectivity index is 2.00. The molecule has 1 aromatic rings. The van der Waals surface area contributed by atoms with Crippen LogP contribution in [0.15, 0.2) is 22.7 Å². The van der Waals surface area contributed by atoms with Crippen molar-refractivity contribution in [2.24, 2.45) is 5.92 Å². The van der Waals surface area contributed by atoms with Gasteiger partial charge in [-0.15, -0.1) is 0 Å². The maximum Gasteiger partial charge on any atom is 0.270 e. The van der Waals surface area contributed by atoms with E-state index in [-0.39, 0.29) is 11.6 Å². The summed E-state index contributed by atoms with van der Waals surface area (Å²) in [7, 11) is 0. The average molecular weight is 327 g/mol. The predicted octanol–water partition coefficient (Wildman–Crippen LogP) is 2.77.